The molecule has 1 aromatic heterocycles. The van der Waals surface area contributed by atoms with E-state index in [-0.39, 0.29) is 0 Å². The molecule has 1 heterocycles. The molecule has 0 unspecified atom stereocenters. The first kappa shape index (κ1) is 8.27. The molecule has 0 amide bonds. The van der Waals surface area contributed by atoms with Gasteiger partial charge < -0.3 is 5.21 Å². The molecule has 0 radical (unpaired) electrons. The maximum atomic E-state index is 8.51. The first-order valence-electron chi connectivity index (χ1n) is 3.41. The van der Waals surface area contributed by atoms with Crippen LogP contribution in [0.2, 0.25) is 0 Å². The van der Waals surface area contributed by atoms with Crippen LogP contribution in [0.25, 0.3) is 0 Å². The summed E-state index contributed by atoms with van der Waals surface area (Å²) >= 11 is 1.72. The number of hydrogen-bond donors (Lipinski definition) is 1. The largest absolute Gasteiger partial charge is 0.411 e. The van der Waals surface area contributed by atoms with Gasteiger partial charge in [-0.25, -0.2) is 0 Å². The van der Waals surface area contributed by atoms with Crippen LogP contribution in [0.15, 0.2) is 11.2 Å². The Labute approximate surface area is 70.2 Å². The number of rotatable bonds is 1. The minimum atomic E-state index is 0.687. The van der Waals surface area contributed by atoms with E-state index in [4.69, 9.17) is 5.21 Å². The zero-order valence-electron chi connectivity index (χ0n) is 6.88. The Morgan fingerprint density at radius 2 is 2.18 bits per heavy atom. The normalized spacial score (nSPS) is 12.1. The maximum Gasteiger partial charge on any atom is 0.0848 e. The number of thiophene rings is 1. The highest BCUT2D eigenvalue weighted by Crippen LogP contribution is 2.20. The molecule has 1 aromatic rings. The quantitative estimate of drug-likeness (QED) is 0.391. The van der Waals surface area contributed by atoms with E-state index in [9.17, 15) is 0 Å². The third kappa shape index (κ3) is 1.60. The van der Waals surface area contributed by atoms with Crippen LogP contribution < -0.4 is 0 Å². The molecule has 0 spiro atoms. The van der Waals surface area contributed by atoms with E-state index < -0.39 is 0 Å². The van der Waals surface area contributed by atoms with Crippen molar-refractivity contribution in [2.75, 3.05) is 0 Å². The highest BCUT2D eigenvalue weighted by Gasteiger charge is 2.05. The maximum absolute atomic E-state index is 8.51. The highest BCUT2D eigenvalue weighted by atomic mass is 32.1. The molecule has 60 valence electrons. The van der Waals surface area contributed by atoms with Crippen molar-refractivity contribution in [2.24, 2.45) is 5.16 Å². The van der Waals surface area contributed by atoms with Crippen LogP contribution in [0.5, 0.6) is 0 Å². The smallest absolute Gasteiger partial charge is 0.0848 e. The fourth-order valence-electron chi connectivity index (χ4n) is 1.04. The molecule has 1 N–H and O–H groups in total. The van der Waals surface area contributed by atoms with Crippen LogP contribution in [-0.2, 0) is 0 Å². The van der Waals surface area contributed by atoms with Gasteiger partial charge >= 0.3 is 0 Å². The van der Waals surface area contributed by atoms with Crippen LogP contribution in [0, 0.1) is 13.8 Å². The Balaban J connectivity index is 3.13. The van der Waals surface area contributed by atoms with Gasteiger partial charge in [-0.2, -0.15) is 0 Å². The van der Waals surface area contributed by atoms with Gasteiger partial charge in [0.2, 0.25) is 0 Å². The summed E-state index contributed by atoms with van der Waals surface area (Å²) in [7, 11) is 0. The third-order valence-corrected chi connectivity index (χ3v) is 2.55. The van der Waals surface area contributed by atoms with Gasteiger partial charge in [-0.1, -0.05) is 5.16 Å². The summed E-state index contributed by atoms with van der Waals surface area (Å²) in [6, 6.07) is 2.04. The molecule has 0 aliphatic carbocycles. The van der Waals surface area contributed by atoms with Crippen LogP contribution in [0.4, 0.5) is 0 Å². The van der Waals surface area contributed by atoms with Gasteiger partial charge in [-0.15, -0.1) is 11.3 Å². The van der Waals surface area contributed by atoms with Gasteiger partial charge in [-0.3, -0.25) is 0 Å². The van der Waals surface area contributed by atoms with E-state index in [2.05, 4.69) is 5.16 Å². The van der Waals surface area contributed by atoms with Crippen LogP contribution in [0.3, 0.4) is 0 Å². The Kier molecular flexibility index (Phi) is 2.29. The fourth-order valence-corrected chi connectivity index (χ4v) is 2.02. The van der Waals surface area contributed by atoms with Gasteiger partial charge in [0, 0.05) is 15.3 Å². The van der Waals surface area contributed by atoms with Gasteiger partial charge in [-0.05, 0) is 26.8 Å². The lowest BCUT2D eigenvalue weighted by atomic mass is 10.2. The van der Waals surface area contributed by atoms with Gasteiger partial charge in [0.05, 0.1) is 5.71 Å². The van der Waals surface area contributed by atoms with E-state index in [1.54, 1.807) is 18.3 Å². The average molecular weight is 169 g/mol. The molecule has 0 saturated carbocycles. The molecule has 0 saturated heterocycles. The van der Waals surface area contributed by atoms with Crippen molar-refractivity contribution in [3.8, 4) is 0 Å². The molecule has 11 heavy (non-hydrogen) atoms. The third-order valence-electron chi connectivity index (χ3n) is 1.58. The van der Waals surface area contributed by atoms with Crippen LogP contribution >= 0.6 is 11.3 Å². The lowest BCUT2D eigenvalue weighted by molar-refractivity contribution is 0.319. The summed E-state index contributed by atoms with van der Waals surface area (Å²) < 4.78 is 0. The lowest BCUT2D eigenvalue weighted by Crippen LogP contribution is -1.92. The van der Waals surface area contributed by atoms with Gasteiger partial charge in [0.25, 0.3) is 0 Å². The fraction of sp³-hybridized carbons (Fsp3) is 0.375. The van der Waals surface area contributed by atoms with Crippen molar-refractivity contribution < 1.29 is 5.21 Å². The summed E-state index contributed by atoms with van der Waals surface area (Å²) in [5, 5.41) is 11.7. The summed E-state index contributed by atoms with van der Waals surface area (Å²) in [5.74, 6) is 0. The zero-order chi connectivity index (χ0) is 8.43. The molecule has 0 atom stereocenters. The summed E-state index contributed by atoms with van der Waals surface area (Å²) in [5.41, 5.74) is 1.74. The van der Waals surface area contributed by atoms with Crippen molar-refractivity contribution in [1.82, 2.24) is 0 Å². The van der Waals surface area contributed by atoms with Crippen molar-refractivity contribution in [3.05, 3.63) is 21.4 Å². The Morgan fingerprint density at radius 3 is 2.55 bits per heavy atom. The number of hydrogen-bond acceptors (Lipinski definition) is 3. The summed E-state index contributed by atoms with van der Waals surface area (Å²) in [4.78, 5) is 2.46. The minimum absolute atomic E-state index is 0.687. The van der Waals surface area contributed by atoms with Crippen LogP contribution in [0.1, 0.15) is 22.2 Å². The minimum Gasteiger partial charge on any atom is -0.411 e. The molecule has 2 nitrogen and oxygen atoms in total. The predicted molar refractivity (Wildman–Crippen MR) is 47.8 cm³/mol. The predicted octanol–water partition coefficient (Wildman–Crippen LogP) is 2.56. The molecular formula is C8H11NOS. The standard InChI is InChI=1S/C8H11NOS/c1-5-4-8(6(2)9-10)7(3)11-5/h4,10H,1-3H3/b9-6+. The van der Waals surface area contributed by atoms with E-state index in [0.717, 1.165) is 5.56 Å². The zero-order valence-corrected chi connectivity index (χ0v) is 7.70. The van der Waals surface area contributed by atoms with Gasteiger partial charge in [0.1, 0.15) is 0 Å². The monoisotopic (exact) mass is 169 g/mol. The SMILES string of the molecule is C/C(=N\O)c1cc(C)sc1C. The number of nitrogens with zero attached hydrogens (tertiary/aromatic N) is 1. The molecule has 3 heteroatoms. The number of aryl methyl sites for hydroxylation is 2. The topological polar surface area (TPSA) is 32.6 Å². The Bertz CT molecular complexity index is 288. The summed E-state index contributed by atoms with van der Waals surface area (Å²) in [6.45, 7) is 5.88. The molecule has 0 aliphatic rings. The Morgan fingerprint density at radius 1 is 1.55 bits per heavy atom. The second kappa shape index (κ2) is 3.05. The average Bonchev–Trinajstić information content (AvgIpc) is 2.28. The second-order valence-corrected chi connectivity index (χ2v) is 3.97. The van der Waals surface area contributed by atoms with E-state index in [0.29, 0.717) is 5.71 Å². The van der Waals surface area contributed by atoms with Crippen molar-refractivity contribution in [3.63, 3.8) is 0 Å². The number of oxime groups is 1. The molecular weight excluding hydrogens is 158 g/mol. The summed E-state index contributed by atoms with van der Waals surface area (Å²) in [6.07, 6.45) is 0. The molecule has 1 rings (SSSR count). The van der Waals surface area contributed by atoms with Crippen molar-refractivity contribution >= 4 is 17.0 Å². The first-order chi connectivity index (χ1) is 5.15. The first-order valence-corrected chi connectivity index (χ1v) is 4.23. The Hall–Kier alpha value is -0.830. The second-order valence-electron chi connectivity index (χ2n) is 2.51. The molecule has 0 aliphatic heterocycles. The van der Waals surface area contributed by atoms with Crippen molar-refractivity contribution in [2.45, 2.75) is 20.8 Å². The van der Waals surface area contributed by atoms with Crippen molar-refractivity contribution in [1.29, 1.82) is 0 Å². The van der Waals surface area contributed by atoms with E-state index >= 15 is 0 Å². The van der Waals surface area contributed by atoms with E-state index in [1.807, 2.05) is 19.9 Å². The highest BCUT2D eigenvalue weighted by molar-refractivity contribution is 7.12. The lowest BCUT2D eigenvalue weighted by Gasteiger charge is -1.93. The molecule has 0 fully saturated rings. The van der Waals surface area contributed by atoms with Crippen LogP contribution in [-0.4, -0.2) is 10.9 Å². The molecule has 0 aromatic carbocycles. The van der Waals surface area contributed by atoms with Gasteiger partial charge in [0.15, 0.2) is 0 Å². The van der Waals surface area contributed by atoms with E-state index in [1.165, 1.54) is 9.75 Å². The molecule has 0 bridgehead atoms.